The van der Waals surface area contributed by atoms with Crippen molar-refractivity contribution in [3.8, 4) is 11.1 Å². The Balaban J connectivity index is 1.78. The third-order valence-electron chi connectivity index (χ3n) is 5.51. The van der Waals surface area contributed by atoms with E-state index in [9.17, 15) is 4.79 Å². The van der Waals surface area contributed by atoms with Crippen LogP contribution in [-0.2, 0) is 6.42 Å². The first-order valence-electron chi connectivity index (χ1n) is 10.6. The van der Waals surface area contributed by atoms with Crippen LogP contribution in [0.25, 0.3) is 11.1 Å². The number of nitrogens with zero attached hydrogens (tertiary/aromatic N) is 5. The summed E-state index contributed by atoms with van der Waals surface area (Å²) in [5.74, 6) is 0.909. The van der Waals surface area contributed by atoms with Gasteiger partial charge in [0.25, 0.3) is 5.91 Å². The molecule has 0 saturated carbocycles. The second-order valence-corrected chi connectivity index (χ2v) is 8.93. The fraction of sp³-hybridized carbons (Fsp3) is 0.435. The molecule has 30 heavy (non-hydrogen) atoms. The van der Waals surface area contributed by atoms with Crippen molar-refractivity contribution < 1.29 is 4.79 Å². The van der Waals surface area contributed by atoms with Gasteiger partial charge in [-0.2, -0.15) is 0 Å². The highest BCUT2D eigenvalue weighted by Gasteiger charge is 2.33. The van der Waals surface area contributed by atoms with Crippen molar-refractivity contribution >= 4 is 17.2 Å². The number of likely N-dealkylation sites (tertiary alicyclic amines) is 1. The molecular formula is C23H27N5OS. The van der Waals surface area contributed by atoms with Gasteiger partial charge in [0.05, 0.1) is 22.4 Å². The maximum Gasteiger partial charge on any atom is 0.266 e. The first-order valence-corrected chi connectivity index (χ1v) is 11.4. The van der Waals surface area contributed by atoms with Gasteiger partial charge in [-0.1, -0.05) is 6.92 Å². The Labute approximate surface area is 181 Å². The van der Waals surface area contributed by atoms with E-state index in [1.165, 1.54) is 11.3 Å². The molecule has 1 aliphatic rings. The Kier molecular flexibility index (Phi) is 6.18. The summed E-state index contributed by atoms with van der Waals surface area (Å²) in [6.45, 7) is 6.74. The monoisotopic (exact) mass is 421 g/mol. The topological polar surface area (TPSA) is 71.9 Å². The SMILES string of the molecule is CCCc1ncc(-c2ccncc2)c([C@H]2CCCCN2C(=O)c2sc(C)nc2C)n1. The third-order valence-corrected chi connectivity index (χ3v) is 6.57. The lowest BCUT2D eigenvalue weighted by Crippen LogP contribution is -2.39. The number of rotatable bonds is 5. The van der Waals surface area contributed by atoms with Crippen molar-refractivity contribution in [2.24, 2.45) is 0 Å². The summed E-state index contributed by atoms with van der Waals surface area (Å²) in [6.07, 6.45) is 10.3. The van der Waals surface area contributed by atoms with E-state index >= 15 is 0 Å². The summed E-state index contributed by atoms with van der Waals surface area (Å²) in [4.78, 5) is 34.5. The standard InChI is InChI=1S/C23H27N5OS/c1-4-7-20-25-14-18(17-9-11-24-12-10-17)21(27-20)19-8-5-6-13-28(19)23(29)22-15(2)26-16(3)30-22/h9-12,14,19H,4-8,13H2,1-3H3/t19-/m1/s1. The molecule has 3 aromatic heterocycles. The van der Waals surface area contributed by atoms with Crippen LogP contribution in [0.5, 0.6) is 0 Å². The molecule has 0 unspecified atom stereocenters. The van der Waals surface area contributed by atoms with Crippen LogP contribution in [0.2, 0.25) is 0 Å². The number of hydrogen-bond acceptors (Lipinski definition) is 6. The van der Waals surface area contributed by atoms with Crippen LogP contribution in [0, 0.1) is 13.8 Å². The molecule has 1 aliphatic heterocycles. The number of piperidine rings is 1. The number of aromatic nitrogens is 4. The van der Waals surface area contributed by atoms with E-state index in [1.54, 1.807) is 12.4 Å². The van der Waals surface area contributed by atoms with Gasteiger partial charge >= 0.3 is 0 Å². The molecule has 1 saturated heterocycles. The third kappa shape index (κ3) is 4.12. The van der Waals surface area contributed by atoms with E-state index in [0.717, 1.165) is 76.9 Å². The molecule has 1 fully saturated rings. The van der Waals surface area contributed by atoms with E-state index in [2.05, 4.69) is 21.9 Å². The number of carbonyl (C=O) groups excluding carboxylic acids is 1. The van der Waals surface area contributed by atoms with Crippen molar-refractivity contribution in [1.82, 2.24) is 24.8 Å². The summed E-state index contributed by atoms with van der Waals surface area (Å²) >= 11 is 1.48. The molecule has 0 spiro atoms. The number of hydrogen-bond donors (Lipinski definition) is 0. The Morgan fingerprint density at radius 3 is 2.70 bits per heavy atom. The summed E-state index contributed by atoms with van der Waals surface area (Å²) in [7, 11) is 0. The van der Waals surface area contributed by atoms with Crippen LogP contribution in [-0.4, -0.2) is 37.3 Å². The second kappa shape index (κ2) is 9.00. The van der Waals surface area contributed by atoms with Gasteiger partial charge in [0, 0.05) is 37.1 Å². The maximum absolute atomic E-state index is 13.5. The van der Waals surface area contributed by atoms with Crippen LogP contribution in [0.15, 0.2) is 30.7 Å². The summed E-state index contributed by atoms with van der Waals surface area (Å²) in [6, 6.07) is 3.90. The van der Waals surface area contributed by atoms with Gasteiger partial charge in [-0.25, -0.2) is 15.0 Å². The number of carbonyl (C=O) groups is 1. The number of amides is 1. The predicted octanol–water partition coefficient (Wildman–Crippen LogP) is 4.93. The summed E-state index contributed by atoms with van der Waals surface area (Å²) < 4.78 is 0. The van der Waals surface area contributed by atoms with Gasteiger partial charge in [-0.3, -0.25) is 9.78 Å². The quantitative estimate of drug-likeness (QED) is 0.584. The van der Waals surface area contributed by atoms with E-state index in [4.69, 9.17) is 4.98 Å². The lowest BCUT2D eigenvalue weighted by molar-refractivity contribution is 0.0610. The Morgan fingerprint density at radius 2 is 2.00 bits per heavy atom. The molecule has 1 atom stereocenters. The van der Waals surface area contributed by atoms with Crippen LogP contribution in [0.4, 0.5) is 0 Å². The van der Waals surface area contributed by atoms with Gasteiger partial charge in [0.15, 0.2) is 0 Å². The molecule has 4 heterocycles. The predicted molar refractivity (Wildman–Crippen MR) is 118 cm³/mol. The largest absolute Gasteiger partial charge is 0.329 e. The summed E-state index contributed by atoms with van der Waals surface area (Å²) in [5.41, 5.74) is 3.78. The van der Waals surface area contributed by atoms with Crippen LogP contribution >= 0.6 is 11.3 Å². The molecule has 7 heteroatoms. The van der Waals surface area contributed by atoms with Crippen LogP contribution in [0.3, 0.4) is 0 Å². The van der Waals surface area contributed by atoms with Crippen molar-refractivity contribution in [2.45, 2.75) is 58.9 Å². The van der Waals surface area contributed by atoms with E-state index in [-0.39, 0.29) is 11.9 Å². The minimum Gasteiger partial charge on any atom is -0.329 e. The van der Waals surface area contributed by atoms with Crippen LogP contribution < -0.4 is 0 Å². The van der Waals surface area contributed by atoms with E-state index in [1.807, 2.05) is 37.1 Å². The maximum atomic E-state index is 13.5. The van der Waals surface area contributed by atoms with E-state index < -0.39 is 0 Å². The molecule has 0 N–H and O–H groups in total. The van der Waals surface area contributed by atoms with Crippen LogP contribution in [0.1, 0.15) is 70.5 Å². The fourth-order valence-corrected chi connectivity index (χ4v) is 4.98. The molecule has 0 bridgehead atoms. The van der Waals surface area contributed by atoms with Crippen molar-refractivity contribution in [1.29, 1.82) is 0 Å². The number of pyridine rings is 1. The number of aryl methyl sites for hydroxylation is 3. The molecule has 3 aromatic rings. The highest BCUT2D eigenvalue weighted by molar-refractivity contribution is 7.13. The zero-order chi connectivity index (χ0) is 21.1. The molecule has 156 valence electrons. The zero-order valence-corrected chi connectivity index (χ0v) is 18.6. The first-order chi connectivity index (χ1) is 14.6. The molecule has 6 nitrogen and oxygen atoms in total. The lowest BCUT2D eigenvalue weighted by atomic mass is 9.93. The zero-order valence-electron chi connectivity index (χ0n) is 17.8. The molecular weight excluding hydrogens is 394 g/mol. The molecule has 1 amide bonds. The molecule has 0 radical (unpaired) electrons. The van der Waals surface area contributed by atoms with Crippen molar-refractivity contribution in [2.75, 3.05) is 6.54 Å². The summed E-state index contributed by atoms with van der Waals surface area (Å²) in [5, 5.41) is 0.925. The molecule has 0 aliphatic carbocycles. The minimum absolute atomic E-state index is 0.0603. The van der Waals surface area contributed by atoms with Gasteiger partial charge in [0.2, 0.25) is 0 Å². The second-order valence-electron chi connectivity index (χ2n) is 7.73. The fourth-order valence-electron chi connectivity index (χ4n) is 4.10. The normalized spacial score (nSPS) is 16.6. The highest BCUT2D eigenvalue weighted by atomic mass is 32.1. The lowest BCUT2D eigenvalue weighted by Gasteiger charge is -2.36. The Morgan fingerprint density at radius 1 is 1.20 bits per heavy atom. The highest BCUT2D eigenvalue weighted by Crippen LogP contribution is 2.37. The van der Waals surface area contributed by atoms with Gasteiger partial charge in [-0.05, 0) is 57.2 Å². The first kappa shape index (κ1) is 20.6. The van der Waals surface area contributed by atoms with Crippen molar-refractivity contribution in [3.63, 3.8) is 0 Å². The number of thiazole rings is 1. The van der Waals surface area contributed by atoms with E-state index in [0.29, 0.717) is 0 Å². The molecule has 0 aromatic carbocycles. The van der Waals surface area contributed by atoms with Gasteiger partial charge in [0.1, 0.15) is 10.7 Å². The van der Waals surface area contributed by atoms with Gasteiger partial charge < -0.3 is 4.90 Å². The molecule has 4 rings (SSSR count). The Bertz CT molecular complexity index is 1030. The van der Waals surface area contributed by atoms with Crippen molar-refractivity contribution in [3.05, 3.63) is 57.8 Å². The average molecular weight is 422 g/mol. The smallest absolute Gasteiger partial charge is 0.266 e. The van der Waals surface area contributed by atoms with Gasteiger partial charge in [-0.15, -0.1) is 11.3 Å². The minimum atomic E-state index is -0.0603. The average Bonchev–Trinajstić information content (AvgIpc) is 3.12. The Hall–Kier alpha value is -2.67.